The molecule has 1 aliphatic carbocycles. The molecule has 1 aromatic carbocycles. The van der Waals surface area contributed by atoms with Crippen molar-refractivity contribution in [1.82, 2.24) is 59.6 Å². The summed E-state index contributed by atoms with van der Waals surface area (Å²) in [4.78, 5) is 76.1. The summed E-state index contributed by atoms with van der Waals surface area (Å²) in [5.41, 5.74) is 9.60. The Morgan fingerprint density at radius 1 is 0.681 bits per heavy atom. The number of halogens is 2. The molecule has 10 aromatic rings. The van der Waals surface area contributed by atoms with Crippen molar-refractivity contribution < 1.29 is 65.1 Å². The van der Waals surface area contributed by atoms with Gasteiger partial charge in [0.2, 0.25) is 59.0 Å². The van der Waals surface area contributed by atoms with E-state index in [2.05, 4.69) is 81.7 Å². The van der Waals surface area contributed by atoms with Crippen molar-refractivity contribution in [3.05, 3.63) is 226 Å². The Morgan fingerprint density at radius 3 is 1.70 bits per heavy atom. The molecule has 1 aliphatic heterocycles. The highest BCUT2D eigenvalue weighted by molar-refractivity contribution is 5.97. The lowest BCUT2D eigenvalue weighted by Gasteiger charge is -2.36. The molecule has 0 radical (unpaired) electrons. The Bertz CT molecular complexity index is 3850. The number of hydrogen-bond acceptors (Lipinski definition) is 28. The standard InChI is InChI=1S/C31H33FN8O4.C9H7N3O4.C9H9N3O2.C5H3FN2O2.C4H5NO2/c1-39-11-13-40(14-12-39)26(18-42-2)30(41)37-25-5-3-4-21-22(25)7-8-23(21)29-24(32)17-35-31(38-29)36-20-6-9-27(34-16-20)44-19-28-33-10-15-43-28;13-12(14)7-1-2-8(11-5-7)16-6-9-10-3-4-15-9;10-7-1-2-8(12-5-7)14-6-9-11-3-4-13-9;6-5-2-1-4(3-7-5)8(9)10;6-3-4-5-1-2-7-4/h3-6,8-10,15-17,26H,7,11-14,18-19H2,1-2H3,(H,37,41)(H,35,36,38);1-5H,6H2;1-5H,6,10H2;1-3H;1-2,6H,3H2/t26-;;;;/m1..../s1. The van der Waals surface area contributed by atoms with E-state index in [0.29, 0.717) is 71.0 Å². The number of ether oxygens (including phenoxy) is 4. The van der Waals surface area contributed by atoms with Crippen LogP contribution in [-0.2, 0) is 42.4 Å². The predicted molar refractivity (Wildman–Crippen MR) is 315 cm³/mol. The monoisotopic (exact) mass is 1250 g/mol. The molecule has 2 aliphatic rings. The molecule has 472 valence electrons. The molecule has 0 bridgehead atoms. The highest BCUT2D eigenvalue weighted by atomic mass is 19.1. The summed E-state index contributed by atoms with van der Waals surface area (Å²) in [6, 6.07) is 16.8. The van der Waals surface area contributed by atoms with Gasteiger partial charge in [-0.15, -0.1) is 0 Å². The Morgan fingerprint density at radius 2 is 1.23 bits per heavy atom. The maximum atomic E-state index is 15.1. The summed E-state index contributed by atoms with van der Waals surface area (Å²) in [7, 11) is 3.68. The highest BCUT2D eigenvalue weighted by Gasteiger charge is 2.30. The van der Waals surface area contributed by atoms with Crippen molar-refractivity contribution in [2.45, 2.75) is 38.9 Å². The van der Waals surface area contributed by atoms with Crippen LogP contribution < -0.4 is 30.6 Å². The van der Waals surface area contributed by atoms with E-state index >= 15 is 4.39 Å². The molecule has 0 spiro atoms. The van der Waals surface area contributed by atoms with E-state index in [9.17, 15) is 29.4 Å². The van der Waals surface area contributed by atoms with Gasteiger partial charge in [-0.05, 0) is 48.9 Å². The number of fused-ring (bicyclic) bond motifs is 1. The molecule has 31 nitrogen and oxygen atoms in total. The minimum Gasteiger partial charge on any atom is -0.468 e. The minimum absolute atomic E-state index is 0.0801. The van der Waals surface area contributed by atoms with Gasteiger partial charge in [0, 0.05) is 74.9 Å². The molecule has 1 amide bonds. The zero-order valence-electron chi connectivity index (χ0n) is 48.4. The molecular formula is C58H57F2N17O14. The van der Waals surface area contributed by atoms with Crippen molar-refractivity contribution in [3.8, 4) is 17.6 Å². The van der Waals surface area contributed by atoms with Gasteiger partial charge in [0.05, 0.1) is 71.2 Å². The average molecular weight is 1250 g/mol. The zero-order chi connectivity index (χ0) is 64.3. The Kier molecular flexibility index (Phi) is 24.1. The fourth-order valence-electron chi connectivity index (χ4n) is 8.08. The summed E-state index contributed by atoms with van der Waals surface area (Å²) in [6.45, 7) is 4.10. The van der Waals surface area contributed by atoms with Crippen molar-refractivity contribution in [3.63, 3.8) is 0 Å². The van der Waals surface area contributed by atoms with Gasteiger partial charge in [-0.2, -0.15) is 4.39 Å². The number of pyridine rings is 4. The summed E-state index contributed by atoms with van der Waals surface area (Å²) in [6.07, 6.45) is 20.6. The molecule has 9 aromatic heterocycles. The SMILES string of the molecule is COC[C@H](C(=O)Nc1cccc2c1CC=C2c1nc(Nc2ccc(OCc3ncco3)nc2)ncc1F)N1CCN(C)CC1.Nc1ccc(OCc2ncco2)nc1.O=[N+]([O-])c1ccc(F)nc1.O=[N+]([O-])c1ccc(OCc2ncco2)nc1.OCc1ncco1. The third-order valence-electron chi connectivity index (χ3n) is 12.5. The number of nitrogens with one attached hydrogen (secondary N) is 2. The van der Waals surface area contributed by atoms with Gasteiger partial charge in [0.1, 0.15) is 55.8 Å². The summed E-state index contributed by atoms with van der Waals surface area (Å²) >= 11 is 0. The van der Waals surface area contributed by atoms with E-state index in [0.717, 1.165) is 68.0 Å². The van der Waals surface area contributed by atoms with Gasteiger partial charge < -0.3 is 63.0 Å². The number of piperazine rings is 1. The molecular weight excluding hydrogens is 1200 g/mol. The maximum absolute atomic E-state index is 15.1. The number of methoxy groups -OCH3 is 1. The second kappa shape index (κ2) is 33.5. The Balaban J connectivity index is 0.000000182. The first-order chi connectivity index (χ1) is 44.2. The molecule has 33 heteroatoms. The van der Waals surface area contributed by atoms with Crippen molar-refractivity contribution >= 4 is 45.9 Å². The van der Waals surface area contributed by atoms with Crippen molar-refractivity contribution in [2.24, 2.45) is 0 Å². The van der Waals surface area contributed by atoms with Gasteiger partial charge in [-0.25, -0.2) is 54.2 Å². The molecule has 1 saturated heterocycles. The molecule has 0 saturated carbocycles. The first-order valence-corrected chi connectivity index (χ1v) is 27.1. The predicted octanol–water partition coefficient (Wildman–Crippen LogP) is 7.59. The fraction of sp³-hybridized carbons (Fsp3) is 0.224. The zero-order valence-corrected chi connectivity index (χ0v) is 48.4. The number of likely N-dealkylation sites (N-methyl/N-ethyl adjacent to an activating group) is 1. The number of anilines is 4. The van der Waals surface area contributed by atoms with Gasteiger partial charge >= 0.3 is 0 Å². The number of nitrogens with two attached hydrogens (primary N) is 1. The number of aromatic nitrogens is 10. The van der Waals surface area contributed by atoms with Crippen molar-refractivity contribution in [1.29, 1.82) is 0 Å². The maximum Gasteiger partial charge on any atom is 0.287 e. The molecule has 91 heavy (non-hydrogen) atoms. The van der Waals surface area contributed by atoms with E-state index in [1.54, 1.807) is 50.0 Å². The number of nitrogen functional groups attached to an aromatic ring is 1. The molecule has 10 heterocycles. The van der Waals surface area contributed by atoms with E-state index < -0.39 is 27.7 Å². The third kappa shape index (κ3) is 20.3. The molecule has 1 atom stereocenters. The number of oxazole rings is 4. The summed E-state index contributed by atoms with van der Waals surface area (Å²) in [5, 5.41) is 34.8. The lowest BCUT2D eigenvalue weighted by Crippen LogP contribution is -2.54. The summed E-state index contributed by atoms with van der Waals surface area (Å²) in [5.74, 6) is 1.73. The quantitative estimate of drug-likeness (QED) is 0.0324. The number of nitro groups is 2. The highest BCUT2D eigenvalue weighted by Crippen LogP contribution is 2.37. The largest absolute Gasteiger partial charge is 0.468 e. The van der Waals surface area contributed by atoms with E-state index in [1.165, 1.54) is 55.8 Å². The number of allylic oxidation sites excluding steroid dienone is 1. The van der Waals surface area contributed by atoms with E-state index in [-0.39, 0.29) is 61.2 Å². The Labute approximate surface area is 514 Å². The van der Waals surface area contributed by atoms with Crippen LogP contribution in [0.1, 0.15) is 40.4 Å². The van der Waals surface area contributed by atoms with Crippen LogP contribution >= 0.6 is 0 Å². The van der Waals surface area contributed by atoms with Crippen LogP contribution in [0.15, 0.2) is 171 Å². The topological polar surface area (TPSA) is 399 Å². The number of rotatable bonds is 20. The first kappa shape index (κ1) is 65.4. The lowest BCUT2D eigenvalue weighted by molar-refractivity contribution is -0.385. The van der Waals surface area contributed by atoms with Gasteiger partial charge in [-0.3, -0.25) is 29.9 Å². The van der Waals surface area contributed by atoms with Crippen molar-refractivity contribution in [2.75, 3.05) is 63.3 Å². The van der Waals surface area contributed by atoms with Crippen LogP contribution in [0, 0.1) is 32.0 Å². The van der Waals surface area contributed by atoms with E-state index in [4.69, 9.17) is 43.0 Å². The molecule has 5 N–H and O–H groups in total. The van der Waals surface area contributed by atoms with Gasteiger partial charge in [-0.1, -0.05) is 18.2 Å². The summed E-state index contributed by atoms with van der Waals surface area (Å²) < 4.78 is 68.3. The molecule has 0 unspecified atom stereocenters. The van der Waals surface area contributed by atoms with E-state index in [1.807, 2.05) is 24.3 Å². The lowest BCUT2D eigenvalue weighted by atomic mass is 10.0. The second-order valence-corrected chi connectivity index (χ2v) is 18.7. The van der Waals surface area contributed by atoms with Crippen LogP contribution in [0.25, 0.3) is 5.57 Å². The number of amides is 1. The second-order valence-electron chi connectivity index (χ2n) is 18.7. The molecule has 1 fully saturated rings. The smallest absolute Gasteiger partial charge is 0.287 e. The van der Waals surface area contributed by atoms with Crippen LogP contribution in [0.3, 0.4) is 0 Å². The number of nitrogens with zero attached hydrogens (tertiary/aromatic N) is 14. The number of carbonyl (C=O) groups excluding carboxylic acids is 1. The number of aliphatic hydroxyl groups is 1. The van der Waals surface area contributed by atoms with Crippen LogP contribution in [-0.4, -0.2) is 133 Å². The van der Waals surface area contributed by atoms with Crippen LogP contribution in [0.2, 0.25) is 0 Å². The van der Waals surface area contributed by atoms with Gasteiger partial charge in [0.25, 0.3) is 11.4 Å². The number of hydrogen-bond donors (Lipinski definition) is 4. The number of benzene rings is 1. The third-order valence-corrected chi connectivity index (χ3v) is 12.5. The fourth-order valence-corrected chi connectivity index (χ4v) is 8.08. The first-order valence-electron chi connectivity index (χ1n) is 27.1. The number of carbonyl (C=O) groups is 1. The molecule has 12 rings (SSSR count). The number of aliphatic hydroxyl groups excluding tert-OH is 1. The average Bonchev–Trinajstić information content (AvgIpc) is 1.86. The van der Waals surface area contributed by atoms with Gasteiger partial charge in [0.15, 0.2) is 25.6 Å². The minimum atomic E-state index is -0.717. The Hall–Kier alpha value is -11.6. The van der Waals surface area contributed by atoms with Crippen LogP contribution in [0.5, 0.6) is 17.6 Å². The van der Waals surface area contributed by atoms with Crippen LogP contribution in [0.4, 0.5) is 43.2 Å². The normalized spacial score (nSPS) is 12.7.